The van der Waals surface area contributed by atoms with Crippen molar-refractivity contribution in [3.8, 4) is 0 Å². The number of carbonyl (C=O) groups is 2. The maximum absolute atomic E-state index is 13.7. The van der Waals surface area contributed by atoms with Crippen LogP contribution in [0.4, 0.5) is 8.78 Å². The summed E-state index contributed by atoms with van der Waals surface area (Å²) in [6.07, 6.45) is 0.638. The largest absolute Gasteiger partial charge is 0.338 e. The third-order valence-corrected chi connectivity index (χ3v) is 9.38. The minimum atomic E-state index is -2.45. The number of benzene rings is 1. The number of imidazole rings is 1. The molecule has 2 fully saturated rings. The monoisotopic (exact) mass is 634 g/mol. The number of likely N-dealkylation sites (tertiary alicyclic amines) is 2. The van der Waals surface area contributed by atoms with Crippen LogP contribution in [0.15, 0.2) is 24.8 Å². The number of nitrogens with one attached hydrogen (secondary N) is 1. The zero-order chi connectivity index (χ0) is 31.2. The molecule has 1 amide bonds. The lowest BCUT2D eigenvalue weighted by molar-refractivity contribution is -0.132. The van der Waals surface area contributed by atoms with Crippen molar-refractivity contribution in [2.75, 3.05) is 26.2 Å². The molecule has 2 aromatic heterocycles. The number of hydrogen-bond donors (Lipinski definition) is 1. The summed E-state index contributed by atoms with van der Waals surface area (Å²) < 4.78 is 28.6. The summed E-state index contributed by atoms with van der Waals surface area (Å²) in [5, 5.41) is 9.35. The Morgan fingerprint density at radius 2 is 1.93 bits per heavy atom. The van der Waals surface area contributed by atoms with E-state index < -0.39 is 6.43 Å². The molecular weight excluding hydrogens is 597 g/mol. The van der Waals surface area contributed by atoms with E-state index in [1.54, 1.807) is 9.80 Å². The molecule has 0 unspecified atom stereocenters. The molecule has 0 saturated carbocycles. The normalized spacial score (nSPS) is 19.9. The second-order valence-electron chi connectivity index (χ2n) is 12.8. The van der Waals surface area contributed by atoms with E-state index in [1.165, 1.54) is 6.08 Å². The first-order valence-corrected chi connectivity index (χ1v) is 15.4. The van der Waals surface area contributed by atoms with Crippen LogP contribution in [0.3, 0.4) is 0 Å². The van der Waals surface area contributed by atoms with Crippen LogP contribution in [0.25, 0.3) is 10.9 Å². The predicted octanol–water partition coefficient (Wildman–Crippen LogP) is 6.27. The van der Waals surface area contributed by atoms with Gasteiger partial charge in [-0.2, -0.15) is 5.10 Å². The Labute approximate surface area is 260 Å². The Bertz CT molecular complexity index is 1540. The summed E-state index contributed by atoms with van der Waals surface area (Å²) in [4.78, 5) is 33.6. The van der Waals surface area contributed by atoms with E-state index in [2.05, 4.69) is 48.6 Å². The summed E-state index contributed by atoms with van der Waals surface area (Å²) in [5.74, 6) is 0.330. The average molecular weight is 636 g/mol. The zero-order valence-electron chi connectivity index (χ0n) is 25.0. The summed E-state index contributed by atoms with van der Waals surface area (Å²) in [6.45, 7) is 12.9. The molecule has 232 valence electrons. The van der Waals surface area contributed by atoms with Gasteiger partial charge in [0, 0.05) is 60.5 Å². The number of H-pyrrole nitrogens is 1. The van der Waals surface area contributed by atoms with Crippen LogP contribution in [0.5, 0.6) is 0 Å². The summed E-state index contributed by atoms with van der Waals surface area (Å²) in [5.41, 5.74) is 2.86. The molecular formula is C31H38Cl2F2N6O2. The standard InChI is InChI=1S/C31H38Cl2F2N6O2/c1-6-28(43)40-14-18(15-40)11-25(42)29-30(33)36-27(41(29)24-9-10-39(17(24)2)16-26(34)35)8-7-22-19-12-20(31(3,4)5)21(32)13-23(19)38-37-22/h6,12-13,17-18,24,26H,1,7-11,14-16H2,2-5H3,(H,37,38)/t17-,24+/m0/s1. The maximum Gasteiger partial charge on any atom is 0.251 e. The third kappa shape index (κ3) is 6.37. The van der Waals surface area contributed by atoms with Gasteiger partial charge < -0.3 is 9.47 Å². The topological polar surface area (TPSA) is 87.1 Å². The summed E-state index contributed by atoms with van der Waals surface area (Å²) >= 11 is 13.2. The predicted molar refractivity (Wildman–Crippen MR) is 164 cm³/mol. The number of aryl methyl sites for hydroxylation is 2. The lowest BCUT2D eigenvalue weighted by Gasteiger charge is -2.38. The molecule has 2 aliphatic heterocycles. The third-order valence-electron chi connectivity index (χ3n) is 8.80. The van der Waals surface area contributed by atoms with Gasteiger partial charge in [-0.15, -0.1) is 0 Å². The Kier molecular flexibility index (Phi) is 9.03. The maximum atomic E-state index is 13.7. The molecule has 5 rings (SSSR count). The zero-order valence-corrected chi connectivity index (χ0v) is 26.5. The van der Waals surface area contributed by atoms with Crippen LogP contribution in [0.2, 0.25) is 10.2 Å². The molecule has 2 aliphatic rings. The number of Topliss-reactive ketones (excluding diaryl/α,β-unsaturated/α-hetero) is 1. The van der Waals surface area contributed by atoms with Crippen LogP contribution in [0, 0.1) is 5.92 Å². The van der Waals surface area contributed by atoms with Gasteiger partial charge >= 0.3 is 0 Å². The van der Waals surface area contributed by atoms with Crippen LogP contribution < -0.4 is 0 Å². The SMILES string of the molecule is C=CC(=O)N1CC(CC(=O)c2c(Cl)nc(CCc3[nH]nc4cc(Cl)c(C(C)(C)C)cc34)n2[C@@H]2CCN(CC(F)F)[C@H]2C)C1. The number of ketones is 1. The number of fused-ring (bicyclic) bond motifs is 1. The fourth-order valence-corrected chi connectivity index (χ4v) is 7.19. The van der Waals surface area contributed by atoms with Crippen molar-refractivity contribution in [3.63, 3.8) is 0 Å². The fourth-order valence-electron chi connectivity index (χ4n) is 6.45. The summed E-state index contributed by atoms with van der Waals surface area (Å²) in [7, 11) is 0. The van der Waals surface area contributed by atoms with E-state index in [0.29, 0.717) is 55.4 Å². The molecule has 8 nitrogen and oxygen atoms in total. The van der Waals surface area contributed by atoms with Gasteiger partial charge in [0.05, 0.1) is 18.1 Å². The fraction of sp³-hybridized carbons (Fsp3) is 0.548. The van der Waals surface area contributed by atoms with Crippen LogP contribution in [-0.4, -0.2) is 79.9 Å². The first-order valence-electron chi connectivity index (χ1n) is 14.7. The Hall–Kier alpha value is -2.82. The van der Waals surface area contributed by atoms with Crippen molar-refractivity contribution in [1.82, 2.24) is 29.5 Å². The molecule has 1 aromatic carbocycles. The number of aromatic nitrogens is 4. The number of alkyl halides is 2. The second kappa shape index (κ2) is 12.3. The Morgan fingerprint density at radius 1 is 1.21 bits per heavy atom. The first kappa shape index (κ1) is 31.6. The van der Waals surface area contributed by atoms with Gasteiger partial charge in [-0.05, 0) is 49.0 Å². The number of rotatable bonds is 10. The van der Waals surface area contributed by atoms with Gasteiger partial charge in [-0.1, -0.05) is 50.6 Å². The van der Waals surface area contributed by atoms with Gasteiger partial charge in [0.15, 0.2) is 10.9 Å². The van der Waals surface area contributed by atoms with Crippen molar-refractivity contribution in [1.29, 1.82) is 0 Å². The highest BCUT2D eigenvalue weighted by Gasteiger charge is 2.39. The van der Waals surface area contributed by atoms with Crippen molar-refractivity contribution in [3.05, 3.63) is 57.7 Å². The minimum absolute atomic E-state index is 0.00999. The lowest BCUT2D eigenvalue weighted by Crippen LogP contribution is -2.50. The molecule has 3 aromatic rings. The van der Waals surface area contributed by atoms with Crippen molar-refractivity contribution < 1.29 is 18.4 Å². The van der Waals surface area contributed by atoms with E-state index in [-0.39, 0.29) is 53.2 Å². The number of aromatic amines is 1. The quantitative estimate of drug-likeness (QED) is 0.210. The van der Waals surface area contributed by atoms with Crippen molar-refractivity contribution in [2.24, 2.45) is 5.92 Å². The molecule has 4 heterocycles. The highest BCUT2D eigenvalue weighted by Crippen LogP contribution is 2.37. The summed E-state index contributed by atoms with van der Waals surface area (Å²) in [6, 6.07) is 3.47. The smallest absolute Gasteiger partial charge is 0.251 e. The number of halogens is 4. The Balaban J connectivity index is 1.44. The second-order valence-corrected chi connectivity index (χ2v) is 13.5. The van der Waals surface area contributed by atoms with E-state index in [4.69, 9.17) is 23.2 Å². The van der Waals surface area contributed by atoms with Crippen LogP contribution in [0.1, 0.15) is 74.1 Å². The number of carbonyl (C=O) groups excluding carboxylic acids is 2. The molecule has 0 bridgehead atoms. The average Bonchev–Trinajstić information content (AvgIpc) is 3.57. The molecule has 1 N–H and O–H groups in total. The first-order chi connectivity index (χ1) is 20.3. The number of amides is 1. The molecule has 0 aliphatic carbocycles. The van der Waals surface area contributed by atoms with E-state index in [1.807, 2.05) is 17.6 Å². The van der Waals surface area contributed by atoms with Gasteiger partial charge in [0.25, 0.3) is 6.43 Å². The van der Waals surface area contributed by atoms with Gasteiger partial charge in [0.2, 0.25) is 5.91 Å². The molecule has 0 spiro atoms. The van der Waals surface area contributed by atoms with Gasteiger partial charge in [0.1, 0.15) is 11.5 Å². The van der Waals surface area contributed by atoms with Gasteiger partial charge in [-0.3, -0.25) is 19.6 Å². The van der Waals surface area contributed by atoms with Crippen LogP contribution >= 0.6 is 23.2 Å². The van der Waals surface area contributed by atoms with E-state index in [0.717, 1.165) is 22.2 Å². The highest BCUT2D eigenvalue weighted by molar-refractivity contribution is 6.33. The highest BCUT2D eigenvalue weighted by atomic mass is 35.5. The van der Waals surface area contributed by atoms with Gasteiger partial charge in [-0.25, -0.2) is 13.8 Å². The molecule has 12 heteroatoms. The van der Waals surface area contributed by atoms with E-state index in [9.17, 15) is 18.4 Å². The Morgan fingerprint density at radius 3 is 2.58 bits per heavy atom. The molecule has 2 atom stereocenters. The van der Waals surface area contributed by atoms with Crippen molar-refractivity contribution in [2.45, 2.75) is 77.3 Å². The molecule has 0 radical (unpaired) electrons. The number of hydrogen-bond acceptors (Lipinski definition) is 5. The molecule has 2 saturated heterocycles. The van der Waals surface area contributed by atoms with E-state index >= 15 is 0 Å². The minimum Gasteiger partial charge on any atom is -0.338 e. The lowest BCUT2D eigenvalue weighted by atomic mass is 9.86. The molecule has 43 heavy (non-hydrogen) atoms. The van der Waals surface area contributed by atoms with Crippen molar-refractivity contribution >= 4 is 45.8 Å². The van der Waals surface area contributed by atoms with Crippen LogP contribution in [-0.2, 0) is 23.1 Å². The number of nitrogens with zero attached hydrogens (tertiary/aromatic N) is 5.